The van der Waals surface area contributed by atoms with Gasteiger partial charge >= 0.3 is 0 Å². The van der Waals surface area contributed by atoms with Crippen molar-refractivity contribution in [3.05, 3.63) is 0 Å². The molecule has 0 radical (unpaired) electrons. The highest BCUT2D eigenvalue weighted by molar-refractivity contribution is 5.87. The molecule has 0 rings (SSSR count). The van der Waals surface area contributed by atoms with Gasteiger partial charge in [0, 0.05) is 5.92 Å². The van der Waals surface area contributed by atoms with Crippen molar-refractivity contribution in [2.24, 2.45) is 5.92 Å². The van der Waals surface area contributed by atoms with Gasteiger partial charge < -0.3 is 5.32 Å². The molecule has 0 aliphatic heterocycles. The van der Waals surface area contributed by atoms with Crippen LogP contribution >= 0.6 is 0 Å². The molecular weight excluding hydrogens is 179 g/mol. The summed E-state index contributed by atoms with van der Waals surface area (Å²) in [5.41, 5.74) is 1.27. The summed E-state index contributed by atoms with van der Waals surface area (Å²) < 4.78 is 12.1. The molecule has 0 heterocycles. The van der Waals surface area contributed by atoms with Crippen LogP contribution < -0.4 is 10.8 Å². The first-order chi connectivity index (χ1) is 6.02. The molecule has 5 nitrogen and oxygen atoms in total. The Balaban J connectivity index is 4.13. The number of hydrogen-bond donors (Lipinski definition) is 3. The third kappa shape index (κ3) is 3.84. The summed E-state index contributed by atoms with van der Waals surface area (Å²) >= 11 is 0. The Morgan fingerprint density at radius 1 is 1.38 bits per heavy atom. The Hall–Kier alpha value is -1.17. The molecule has 0 aromatic heterocycles. The first-order valence-electron chi connectivity index (χ1n) is 3.83. The normalized spacial score (nSPS) is 12.4. The summed E-state index contributed by atoms with van der Waals surface area (Å²) in [7, 11) is 0. The second kappa shape index (κ2) is 5.47. The topological polar surface area (TPSA) is 78.4 Å². The third-order valence-corrected chi connectivity index (χ3v) is 1.42. The fourth-order valence-corrected chi connectivity index (χ4v) is 0.591. The molecule has 0 aromatic rings. The van der Waals surface area contributed by atoms with Crippen LogP contribution in [0.2, 0.25) is 0 Å². The van der Waals surface area contributed by atoms with E-state index in [9.17, 15) is 14.0 Å². The van der Waals surface area contributed by atoms with Gasteiger partial charge in [0.15, 0.2) is 0 Å². The number of rotatable bonds is 4. The second-order valence-corrected chi connectivity index (χ2v) is 2.85. The summed E-state index contributed by atoms with van der Waals surface area (Å²) in [4.78, 5) is 21.7. The Labute approximate surface area is 75.3 Å². The van der Waals surface area contributed by atoms with Crippen molar-refractivity contribution >= 4 is 11.8 Å². The highest BCUT2D eigenvalue weighted by Gasteiger charge is 2.21. The molecule has 2 amide bonds. The van der Waals surface area contributed by atoms with Crippen molar-refractivity contribution in [2.45, 2.75) is 19.9 Å². The maximum absolute atomic E-state index is 12.1. The molecule has 0 bridgehead atoms. The molecular formula is C7H13FN2O3. The fourth-order valence-electron chi connectivity index (χ4n) is 0.591. The lowest BCUT2D eigenvalue weighted by Gasteiger charge is -2.14. The minimum Gasteiger partial charge on any atom is -0.342 e. The summed E-state index contributed by atoms with van der Waals surface area (Å²) in [6, 6.07) is -1.32. The Morgan fingerprint density at radius 3 is 2.23 bits per heavy atom. The van der Waals surface area contributed by atoms with E-state index in [4.69, 9.17) is 5.21 Å². The summed E-state index contributed by atoms with van der Waals surface area (Å²) in [5, 5.41) is 10.3. The van der Waals surface area contributed by atoms with E-state index in [1.54, 1.807) is 13.8 Å². The lowest BCUT2D eigenvalue weighted by Crippen LogP contribution is -2.48. The molecule has 1 atom stereocenters. The van der Waals surface area contributed by atoms with Crippen molar-refractivity contribution in [3.63, 3.8) is 0 Å². The highest BCUT2D eigenvalue weighted by Crippen LogP contribution is 1.94. The maximum Gasteiger partial charge on any atom is 0.268 e. The van der Waals surface area contributed by atoms with Crippen LogP contribution in [0.4, 0.5) is 4.39 Å². The summed E-state index contributed by atoms with van der Waals surface area (Å²) in [6.07, 6.45) is 0. The monoisotopic (exact) mass is 192 g/mol. The first-order valence-corrected chi connectivity index (χ1v) is 3.83. The Kier molecular flexibility index (Phi) is 4.98. The van der Waals surface area contributed by atoms with E-state index in [-0.39, 0.29) is 5.92 Å². The fraction of sp³-hybridized carbons (Fsp3) is 0.714. The van der Waals surface area contributed by atoms with Crippen LogP contribution in [-0.2, 0) is 9.59 Å². The van der Waals surface area contributed by atoms with Crippen molar-refractivity contribution in [2.75, 3.05) is 6.67 Å². The lowest BCUT2D eigenvalue weighted by atomic mass is 10.2. The van der Waals surface area contributed by atoms with Crippen LogP contribution in [0, 0.1) is 5.92 Å². The third-order valence-electron chi connectivity index (χ3n) is 1.42. The van der Waals surface area contributed by atoms with Crippen molar-refractivity contribution in [3.8, 4) is 0 Å². The van der Waals surface area contributed by atoms with Gasteiger partial charge in [-0.25, -0.2) is 9.87 Å². The van der Waals surface area contributed by atoms with Gasteiger partial charge in [-0.05, 0) is 0 Å². The average Bonchev–Trinajstić information content (AvgIpc) is 2.12. The number of amides is 2. The van der Waals surface area contributed by atoms with E-state index in [2.05, 4.69) is 5.32 Å². The van der Waals surface area contributed by atoms with E-state index >= 15 is 0 Å². The van der Waals surface area contributed by atoms with Gasteiger partial charge in [-0.1, -0.05) is 13.8 Å². The molecule has 0 spiro atoms. The predicted octanol–water partition coefficient (Wildman–Crippen LogP) is -0.398. The van der Waals surface area contributed by atoms with Crippen LogP contribution in [0.15, 0.2) is 0 Å². The SMILES string of the molecule is CC(C)C(=O)NC(CF)C(=O)NO. The molecule has 13 heavy (non-hydrogen) atoms. The zero-order chi connectivity index (χ0) is 10.4. The van der Waals surface area contributed by atoms with Gasteiger partial charge in [-0.15, -0.1) is 0 Å². The minimum absolute atomic E-state index is 0.333. The van der Waals surface area contributed by atoms with E-state index in [0.717, 1.165) is 0 Å². The number of alkyl halides is 1. The van der Waals surface area contributed by atoms with Gasteiger partial charge in [0.25, 0.3) is 5.91 Å². The van der Waals surface area contributed by atoms with E-state index in [1.807, 2.05) is 0 Å². The van der Waals surface area contributed by atoms with Gasteiger partial charge in [0.1, 0.15) is 12.7 Å². The van der Waals surface area contributed by atoms with Crippen LogP contribution in [0.25, 0.3) is 0 Å². The number of halogens is 1. The second-order valence-electron chi connectivity index (χ2n) is 2.85. The zero-order valence-electron chi connectivity index (χ0n) is 7.50. The van der Waals surface area contributed by atoms with E-state index in [0.29, 0.717) is 0 Å². The van der Waals surface area contributed by atoms with Crippen LogP contribution in [-0.4, -0.2) is 29.7 Å². The van der Waals surface area contributed by atoms with Gasteiger partial charge in [0.2, 0.25) is 5.91 Å². The smallest absolute Gasteiger partial charge is 0.268 e. The highest BCUT2D eigenvalue weighted by atomic mass is 19.1. The predicted molar refractivity (Wildman–Crippen MR) is 42.7 cm³/mol. The molecule has 0 fully saturated rings. The van der Waals surface area contributed by atoms with Crippen molar-refractivity contribution in [1.29, 1.82) is 0 Å². The number of carbonyl (C=O) groups excluding carboxylic acids is 2. The Bertz CT molecular complexity index is 196. The molecule has 0 saturated heterocycles. The molecule has 3 N–H and O–H groups in total. The maximum atomic E-state index is 12.1. The zero-order valence-corrected chi connectivity index (χ0v) is 7.50. The van der Waals surface area contributed by atoms with Crippen LogP contribution in [0.5, 0.6) is 0 Å². The summed E-state index contributed by atoms with van der Waals surface area (Å²) in [5.74, 6) is -1.73. The number of hydroxylamine groups is 1. The molecule has 76 valence electrons. The van der Waals surface area contributed by atoms with Gasteiger partial charge in [0.05, 0.1) is 0 Å². The molecule has 0 aliphatic carbocycles. The molecule has 0 saturated carbocycles. The lowest BCUT2D eigenvalue weighted by molar-refractivity contribution is -0.135. The number of carbonyl (C=O) groups is 2. The van der Waals surface area contributed by atoms with Crippen molar-refractivity contribution in [1.82, 2.24) is 10.8 Å². The minimum atomic E-state index is -1.32. The van der Waals surface area contributed by atoms with Gasteiger partial charge in [-0.2, -0.15) is 0 Å². The average molecular weight is 192 g/mol. The largest absolute Gasteiger partial charge is 0.342 e. The first kappa shape index (κ1) is 11.8. The number of nitrogens with one attached hydrogen (secondary N) is 2. The Morgan fingerprint density at radius 2 is 1.92 bits per heavy atom. The van der Waals surface area contributed by atoms with E-state index < -0.39 is 24.5 Å². The quantitative estimate of drug-likeness (QED) is 0.419. The molecule has 1 unspecified atom stereocenters. The summed E-state index contributed by atoms with van der Waals surface area (Å²) in [6.45, 7) is 2.17. The standard InChI is InChI=1S/C7H13FN2O3/c1-4(2)6(11)9-5(3-8)7(12)10-13/h4-5,13H,3H2,1-2H3,(H,9,11)(H,10,12). The van der Waals surface area contributed by atoms with Gasteiger partial charge in [-0.3, -0.25) is 14.8 Å². The molecule has 6 heteroatoms. The molecule has 0 aromatic carbocycles. The van der Waals surface area contributed by atoms with Crippen molar-refractivity contribution < 1.29 is 19.2 Å². The van der Waals surface area contributed by atoms with E-state index in [1.165, 1.54) is 5.48 Å². The van der Waals surface area contributed by atoms with Crippen LogP contribution in [0.1, 0.15) is 13.8 Å². The number of hydrogen-bond acceptors (Lipinski definition) is 3. The van der Waals surface area contributed by atoms with Crippen LogP contribution in [0.3, 0.4) is 0 Å². The molecule has 0 aliphatic rings.